The maximum absolute atomic E-state index is 12.0. The summed E-state index contributed by atoms with van der Waals surface area (Å²) in [5, 5.41) is 7.18. The molecule has 1 atom stereocenters. The maximum Gasteiger partial charge on any atom is 0.220 e. The summed E-state index contributed by atoms with van der Waals surface area (Å²) in [6.07, 6.45) is 4.99. The van der Waals surface area contributed by atoms with Crippen LogP contribution in [-0.4, -0.2) is 41.2 Å². The second kappa shape index (κ2) is 8.48. The van der Waals surface area contributed by atoms with Gasteiger partial charge in [-0.15, -0.1) is 0 Å². The summed E-state index contributed by atoms with van der Waals surface area (Å²) in [6, 6.07) is 10.6. The second-order valence-electron chi connectivity index (χ2n) is 6.07. The van der Waals surface area contributed by atoms with Gasteiger partial charge in [0.25, 0.3) is 0 Å². The summed E-state index contributed by atoms with van der Waals surface area (Å²) >= 11 is 0. The Morgan fingerprint density at radius 3 is 2.65 bits per heavy atom. The molecule has 0 aliphatic heterocycles. The van der Waals surface area contributed by atoms with Gasteiger partial charge < -0.3 is 10.2 Å². The molecule has 0 saturated carbocycles. The molecule has 0 unspecified atom stereocenters. The second-order valence-corrected chi connectivity index (χ2v) is 6.07. The van der Waals surface area contributed by atoms with Crippen molar-refractivity contribution in [3.05, 3.63) is 53.9 Å². The predicted octanol–water partition coefficient (Wildman–Crippen LogP) is 2.39. The van der Waals surface area contributed by atoms with Crippen LogP contribution in [-0.2, 0) is 11.3 Å². The van der Waals surface area contributed by atoms with Crippen LogP contribution in [0.25, 0.3) is 0 Å². The maximum atomic E-state index is 12.0. The number of likely N-dealkylation sites (N-methyl/N-ethyl adjacent to an activating group) is 1. The number of rotatable bonds is 8. The molecule has 1 aromatic carbocycles. The highest BCUT2D eigenvalue weighted by Crippen LogP contribution is 2.17. The van der Waals surface area contributed by atoms with E-state index in [2.05, 4.69) is 46.5 Å². The van der Waals surface area contributed by atoms with Crippen molar-refractivity contribution in [1.82, 2.24) is 20.0 Å². The number of benzene rings is 1. The highest BCUT2D eigenvalue weighted by Gasteiger charge is 2.15. The lowest BCUT2D eigenvalue weighted by Crippen LogP contribution is -2.34. The Kier molecular flexibility index (Phi) is 6.35. The van der Waals surface area contributed by atoms with E-state index in [1.54, 1.807) is 6.20 Å². The van der Waals surface area contributed by atoms with Gasteiger partial charge >= 0.3 is 0 Å². The standard InChI is InChI=1S/C18H26N4O/c1-15-7-9-16(10-8-15)17(21(2)3)14-19-18(23)6-4-12-22-13-5-11-20-22/h5,7-11,13,17H,4,6,12,14H2,1-3H3,(H,19,23)/t17-/m1/s1. The molecular formula is C18H26N4O. The van der Waals surface area contributed by atoms with Gasteiger partial charge in [-0.1, -0.05) is 29.8 Å². The highest BCUT2D eigenvalue weighted by molar-refractivity contribution is 5.75. The van der Waals surface area contributed by atoms with Gasteiger partial charge in [-0.2, -0.15) is 5.10 Å². The minimum atomic E-state index is 0.0936. The Hall–Kier alpha value is -2.14. The first-order valence-electron chi connectivity index (χ1n) is 8.03. The normalized spacial score (nSPS) is 12.3. The molecule has 124 valence electrons. The van der Waals surface area contributed by atoms with Gasteiger partial charge in [0.15, 0.2) is 0 Å². The van der Waals surface area contributed by atoms with Crippen molar-refractivity contribution in [3.63, 3.8) is 0 Å². The lowest BCUT2D eigenvalue weighted by Gasteiger charge is -2.25. The fraction of sp³-hybridized carbons (Fsp3) is 0.444. The van der Waals surface area contributed by atoms with Crippen LogP contribution in [0.15, 0.2) is 42.7 Å². The predicted molar refractivity (Wildman–Crippen MR) is 92.1 cm³/mol. The largest absolute Gasteiger partial charge is 0.354 e. The van der Waals surface area contributed by atoms with Crippen molar-refractivity contribution in [3.8, 4) is 0 Å². The van der Waals surface area contributed by atoms with E-state index >= 15 is 0 Å². The van der Waals surface area contributed by atoms with E-state index in [-0.39, 0.29) is 11.9 Å². The van der Waals surface area contributed by atoms with Gasteiger partial charge in [-0.25, -0.2) is 0 Å². The molecule has 5 nitrogen and oxygen atoms in total. The topological polar surface area (TPSA) is 50.2 Å². The Bertz CT molecular complexity index is 590. The number of carbonyl (C=O) groups is 1. The van der Waals surface area contributed by atoms with Gasteiger partial charge in [-0.05, 0) is 39.1 Å². The summed E-state index contributed by atoms with van der Waals surface area (Å²) in [5.74, 6) is 0.0936. The minimum Gasteiger partial charge on any atom is -0.354 e. The van der Waals surface area contributed by atoms with Crippen LogP contribution in [0, 0.1) is 6.92 Å². The van der Waals surface area contributed by atoms with Gasteiger partial charge in [0.05, 0.1) is 6.04 Å². The van der Waals surface area contributed by atoms with Crippen LogP contribution in [0.4, 0.5) is 0 Å². The number of nitrogens with one attached hydrogen (secondary N) is 1. The molecule has 0 aliphatic carbocycles. The number of aromatic nitrogens is 2. The van der Waals surface area contributed by atoms with Crippen LogP contribution >= 0.6 is 0 Å². The molecule has 0 fully saturated rings. The number of hydrogen-bond donors (Lipinski definition) is 1. The van der Waals surface area contributed by atoms with Crippen LogP contribution in [0.5, 0.6) is 0 Å². The van der Waals surface area contributed by atoms with E-state index in [0.29, 0.717) is 13.0 Å². The molecular weight excluding hydrogens is 288 g/mol. The lowest BCUT2D eigenvalue weighted by atomic mass is 10.0. The summed E-state index contributed by atoms with van der Waals surface area (Å²) in [6.45, 7) is 3.47. The van der Waals surface area contributed by atoms with Crippen molar-refractivity contribution in [2.45, 2.75) is 32.4 Å². The van der Waals surface area contributed by atoms with E-state index in [9.17, 15) is 4.79 Å². The quantitative estimate of drug-likeness (QED) is 0.814. The molecule has 2 rings (SSSR count). The molecule has 1 heterocycles. The first-order valence-corrected chi connectivity index (χ1v) is 8.03. The third kappa shape index (κ3) is 5.53. The molecule has 0 bridgehead atoms. The average Bonchev–Trinajstić information content (AvgIpc) is 3.02. The van der Waals surface area contributed by atoms with Crippen molar-refractivity contribution in [1.29, 1.82) is 0 Å². The highest BCUT2D eigenvalue weighted by atomic mass is 16.1. The summed E-state index contributed by atoms with van der Waals surface area (Å²) in [7, 11) is 4.07. The zero-order valence-corrected chi connectivity index (χ0v) is 14.2. The molecule has 5 heteroatoms. The smallest absolute Gasteiger partial charge is 0.220 e. The Labute approximate surface area is 138 Å². The Morgan fingerprint density at radius 2 is 2.04 bits per heavy atom. The van der Waals surface area contributed by atoms with E-state index in [0.717, 1.165) is 13.0 Å². The fourth-order valence-corrected chi connectivity index (χ4v) is 2.52. The zero-order valence-electron chi connectivity index (χ0n) is 14.2. The van der Waals surface area contributed by atoms with Gasteiger partial charge in [0.1, 0.15) is 0 Å². The molecule has 0 radical (unpaired) electrons. The molecule has 1 amide bonds. The van der Waals surface area contributed by atoms with Crippen LogP contribution in [0.2, 0.25) is 0 Å². The summed E-state index contributed by atoms with van der Waals surface area (Å²) < 4.78 is 1.85. The van der Waals surface area contributed by atoms with Gasteiger partial charge in [-0.3, -0.25) is 9.48 Å². The third-order valence-corrected chi connectivity index (χ3v) is 3.93. The van der Waals surface area contributed by atoms with E-state index in [1.165, 1.54) is 11.1 Å². The average molecular weight is 314 g/mol. The Morgan fingerprint density at radius 1 is 1.30 bits per heavy atom. The van der Waals surface area contributed by atoms with Gasteiger partial charge in [0.2, 0.25) is 5.91 Å². The number of carbonyl (C=O) groups excluding carboxylic acids is 1. The van der Waals surface area contributed by atoms with E-state index in [4.69, 9.17) is 0 Å². The van der Waals surface area contributed by atoms with Crippen molar-refractivity contribution >= 4 is 5.91 Å². The zero-order chi connectivity index (χ0) is 16.7. The van der Waals surface area contributed by atoms with Crippen LogP contribution in [0.3, 0.4) is 0 Å². The molecule has 0 aliphatic rings. The molecule has 1 aromatic heterocycles. The number of aryl methyl sites for hydroxylation is 2. The van der Waals surface area contributed by atoms with Crippen LogP contribution in [0.1, 0.15) is 30.0 Å². The van der Waals surface area contributed by atoms with Gasteiger partial charge in [0, 0.05) is 31.9 Å². The van der Waals surface area contributed by atoms with E-state index < -0.39 is 0 Å². The fourth-order valence-electron chi connectivity index (χ4n) is 2.52. The Balaban J connectivity index is 1.79. The minimum absolute atomic E-state index is 0.0936. The SMILES string of the molecule is Cc1ccc([C@@H](CNC(=O)CCCn2cccn2)N(C)C)cc1. The molecule has 0 spiro atoms. The number of amides is 1. The van der Waals surface area contributed by atoms with Crippen molar-refractivity contribution in [2.75, 3.05) is 20.6 Å². The molecule has 23 heavy (non-hydrogen) atoms. The van der Waals surface area contributed by atoms with E-state index in [1.807, 2.05) is 31.0 Å². The van der Waals surface area contributed by atoms with Crippen LogP contribution < -0.4 is 5.32 Å². The van der Waals surface area contributed by atoms with Crippen molar-refractivity contribution in [2.24, 2.45) is 0 Å². The third-order valence-electron chi connectivity index (χ3n) is 3.93. The first-order chi connectivity index (χ1) is 11.1. The number of nitrogens with zero attached hydrogens (tertiary/aromatic N) is 3. The summed E-state index contributed by atoms with van der Waals surface area (Å²) in [4.78, 5) is 14.2. The molecule has 0 saturated heterocycles. The first kappa shape index (κ1) is 17.2. The summed E-state index contributed by atoms with van der Waals surface area (Å²) in [5.41, 5.74) is 2.46. The monoisotopic (exact) mass is 314 g/mol. The lowest BCUT2D eigenvalue weighted by molar-refractivity contribution is -0.121. The number of hydrogen-bond acceptors (Lipinski definition) is 3. The molecule has 2 aromatic rings. The van der Waals surface area contributed by atoms with Crippen molar-refractivity contribution < 1.29 is 4.79 Å². The molecule has 1 N–H and O–H groups in total.